The molecule has 2 aromatic rings. The van der Waals surface area contributed by atoms with Crippen LogP contribution in [0.15, 0.2) is 41.1 Å². The molecule has 0 bridgehead atoms. The minimum absolute atomic E-state index is 0.0664. The molecule has 5 nitrogen and oxygen atoms in total. The molecule has 0 fully saturated rings. The average molecular weight is 318 g/mol. The van der Waals surface area contributed by atoms with Crippen LogP contribution < -0.4 is 15.4 Å². The quantitative estimate of drug-likeness (QED) is 0.811. The SMILES string of the molecule is O=C(NCC(O)c1ccsc1)NC1CCOc2ccccc21. The Morgan fingerprint density at radius 1 is 1.41 bits per heavy atom. The zero-order chi connectivity index (χ0) is 15.4. The molecule has 2 unspecified atom stereocenters. The Balaban J connectivity index is 1.54. The van der Waals surface area contributed by atoms with Gasteiger partial charge < -0.3 is 20.5 Å². The van der Waals surface area contributed by atoms with Gasteiger partial charge in [0.1, 0.15) is 5.75 Å². The number of nitrogens with one attached hydrogen (secondary N) is 2. The predicted molar refractivity (Wildman–Crippen MR) is 85.1 cm³/mol. The number of carbonyl (C=O) groups excluding carboxylic acids is 1. The molecule has 0 spiro atoms. The number of fused-ring (bicyclic) bond motifs is 1. The van der Waals surface area contributed by atoms with Crippen molar-refractivity contribution < 1.29 is 14.6 Å². The lowest BCUT2D eigenvalue weighted by molar-refractivity contribution is 0.172. The van der Waals surface area contributed by atoms with E-state index in [9.17, 15) is 9.90 Å². The molecular weight excluding hydrogens is 300 g/mol. The smallest absolute Gasteiger partial charge is 0.315 e. The molecule has 1 aromatic carbocycles. The minimum Gasteiger partial charge on any atom is -0.493 e. The fraction of sp³-hybridized carbons (Fsp3) is 0.312. The second-order valence-electron chi connectivity index (χ2n) is 5.15. The van der Waals surface area contributed by atoms with Crippen LogP contribution in [-0.2, 0) is 0 Å². The lowest BCUT2D eigenvalue weighted by Crippen LogP contribution is -2.41. The molecule has 2 amide bonds. The molecule has 116 valence electrons. The van der Waals surface area contributed by atoms with Crippen molar-refractivity contribution in [3.63, 3.8) is 0 Å². The van der Waals surface area contributed by atoms with E-state index in [1.807, 2.05) is 41.1 Å². The summed E-state index contributed by atoms with van der Waals surface area (Å²) in [6.07, 6.45) is 0.0521. The van der Waals surface area contributed by atoms with E-state index < -0.39 is 6.10 Å². The van der Waals surface area contributed by atoms with Crippen molar-refractivity contribution in [2.75, 3.05) is 13.2 Å². The molecule has 1 aliphatic rings. The van der Waals surface area contributed by atoms with Gasteiger partial charge in [0.2, 0.25) is 0 Å². The van der Waals surface area contributed by atoms with Gasteiger partial charge in [0.25, 0.3) is 0 Å². The van der Waals surface area contributed by atoms with Crippen molar-refractivity contribution in [3.05, 3.63) is 52.2 Å². The number of aliphatic hydroxyl groups is 1. The van der Waals surface area contributed by atoms with E-state index in [1.165, 1.54) is 11.3 Å². The largest absolute Gasteiger partial charge is 0.493 e. The lowest BCUT2D eigenvalue weighted by atomic mass is 10.0. The van der Waals surface area contributed by atoms with Gasteiger partial charge >= 0.3 is 6.03 Å². The molecule has 2 heterocycles. The van der Waals surface area contributed by atoms with Crippen LogP contribution in [0.2, 0.25) is 0 Å². The molecule has 2 atom stereocenters. The van der Waals surface area contributed by atoms with Crippen LogP contribution in [-0.4, -0.2) is 24.3 Å². The van der Waals surface area contributed by atoms with E-state index in [-0.39, 0.29) is 18.6 Å². The highest BCUT2D eigenvalue weighted by Gasteiger charge is 2.22. The van der Waals surface area contributed by atoms with Crippen LogP contribution in [0.1, 0.15) is 29.7 Å². The number of hydrogen-bond donors (Lipinski definition) is 3. The number of rotatable bonds is 4. The molecule has 0 aliphatic carbocycles. The Morgan fingerprint density at radius 3 is 3.09 bits per heavy atom. The monoisotopic (exact) mass is 318 g/mol. The van der Waals surface area contributed by atoms with Gasteiger partial charge in [0, 0.05) is 18.5 Å². The molecule has 3 N–H and O–H groups in total. The highest BCUT2D eigenvalue weighted by molar-refractivity contribution is 7.07. The maximum Gasteiger partial charge on any atom is 0.315 e. The van der Waals surface area contributed by atoms with Gasteiger partial charge in [-0.2, -0.15) is 11.3 Å². The fourth-order valence-electron chi connectivity index (χ4n) is 2.47. The van der Waals surface area contributed by atoms with Gasteiger partial charge in [-0.05, 0) is 28.5 Å². The van der Waals surface area contributed by atoms with Gasteiger partial charge in [0.05, 0.1) is 18.8 Å². The summed E-state index contributed by atoms with van der Waals surface area (Å²) in [7, 11) is 0. The first-order chi connectivity index (χ1) is 10.7. The number of urea groups is 1. The van der Waals surface area contributed by atoms with Gasteiger partial charge in [0.15, 0.2) is 0 Å². The Kier molecular flexibility index (Phi) is 4.60. The number of hydrogen-bond acceptors (Lipinski definition) is 4. The lowest BCUT2D eigenvalue weighted by Gasteiger charge is -2.26. The van der Waals surface area contributed by atoms with Crippen molar-refractivity contribution in [3.8, 4) is 5.75 Å². The predicted octanol–water partition coefficient (Wildman–Crippen LogP) is 2.60. The van der Waals surface area contributed by atoms with Crippen molar-refractivity contribution >= 4 is 17.4 Å². The van der Waals surface area contributed by atoms with Crippen LogP contribution in [0.4, 0.5) is 4.79 Å². The van der Waals surface area contributed by atoms with E-state index >= 15 is 0 Å². The third-order valence-electron chi connectivity index (χ3n) is 3.65. The number of thiophene rings is 1. The maximum atomic E-state index is 12.0. The second-order valence-corrected chi connectivity index (χ2v) is 5.93. The molecule has 1 aromatic heterocycles. The highest BCUT2D eigenvalue weighted by Crippen LogP contribution is 2.31. The van der Waals surface area contributed by atoms with Crippen LogP contribution >= 0.6 is 11.3 Å². The van der Waals surface area contributed by atoms with Gasteiger partial charge in [-0.1, -0.05) is 18.2 Å². The molecule has 6 heteroatoms. The minimum atomic E-state index is -0.682. The summed E-state index contributed by atoms with van der Waals surface area (Å²) in [6, 6.07) is 9.21. The topological polar surface area (TPSA) is 70.6 Å². The molecule has 3 rings (SSSR count). The van der Waals surface area contributed by atoms with E-state index in [1.54, 1.807) is 0 Å². The summed E-state index contributed by atoms with van der Waals surface area (Å²) in [5.41, 5.74) is 1.81. The van der Waals surface area contributed by atoms with Gasteiger partial charge in [-0.15, -0.1) is 0 Å². The second kappa shape index (κ2) is 6.81. The first kappa shape index (κ1) is 14.9. The van der Waals surface area contributed by atoms with E-state index in [0.717, 1.165) is 23.3 Å². The van der Waals surface area contributed by atoms with Crippen molar-refractivity contribution in [2.24, 2.45) is 0 Å². The van der Waals surface area contributed by atoms with E-state index in [0.29, 0.717) is 6.61 Å². The zero-order valence-corrected chi connectivity index (χ0v) is 12.8. The Hall–Kier alpha value is -2.05. The number of amides is 2. The number of ether oxygens (including phenoxy) is 1. The summed E-state index contributed by atoms with van der Waals surface area (Å²) < 4.78 is 5.57. The van der Waals surface area contributed by atoms with Crippen LogP contribution in [0.5, 0.6) is 5.75 Å². The first-order valence-corrected chi connectivity index (χ1v) is 8.14. The van der Waals surface area contributed by atoms with Crippen LogP contribution in [0, 0.1) is 0 Å². The maximum absolute atomic E-state index is 12.0. The Labute approximate surface area is 132 Å². The molecule has 0 saturated heterocycles. The number of carbonyl (C=O) groups is 1. The molecule has 0 saturated carbocycles. The number of para-hydroxylation sites is 1. The number of aliphatic hydroxyl groups excluding tert-OH is 1. The summed E-state index contributed by atoms with van der Waals surface area (Å²) in [4.78, 5) is 12.0. The van der Waals surface area contributed by atoms with Crippen molar-refractivity contribution in [1.82, 2.24) is 10.6 Å². The van der Waals surface area contributed by atoms with Crippen molar-refractivity contribution in [2.45, 2.75) is 18.6 Å². The van der Waals surface area contributed by atoms with Gasteiger partial charge in [-0.25, -0.2) is 4.79 Å². The molecule has 22 heavy (non-hydrogen) atoms. The highest BCUT2D eigenvalue weighted by atomic mass is 32.1. The zero-order valence-electron chi connectivity index (χ0n) is 12.0. The standard InChI is InChI=1S/C16H18N2O3S/c19-14(11-6-8-22-10-11)9-17-16(20)18-13-5-7-21-15-4-2-1-3-12(13)15/h1-4,6,8,10,13-14,19H,5,7,9H2,(H2,17,18,20). The summed E-state index contributed by atoms with van der Waals surface area (Å²) in [6.45, 7) is 0.771. The van der Waals surface area contributed by atoms with Crippen LogP contribution in [0.25, 0.3) is 0 Å². The Bertz CT molecular complexity index is 630. The normalized spacial score (nSPS) is 18.0. The number of benzene rings is 1. The molecule has 1 aliphatic heterocycles. The summed E-state index contributed by atoms with van der Waals surface area (Å²) in [5, 5.41) is 19.4. The molecular formula is C16H18N2O3S. The van der Waals surface area contributed by atoms with Gasteiger partial charge in [-0.3, -0.25) is 0 Å². The molecule has 0 radical (unpaired) electrons. The van der Waals surface area contributed by atoms with Crippen LogP contribution in [0.3, 0.4) is 0 Å². The fourth-order valence-corrected chi connectivity index (χ4v) is 3.18. The van der Waals surface area contributed by atoms with E-state index in [2.05, 4.69) is 10.6 Å². The van der Waals surface area contributed by atoms with Crippen molar-refractivity contribution in [1.29, 1.82) is 0 Å². The average Bonchev–Trinajstić information content (AvgIpc) is 3.07. The van der Waals surface area contributed by atoms with E-state index in [4.69, 9.17) is 4.74 Å². The third kappa shape index (κ3) is 3.40. The summed E-state index contributed by atoms with van der Waals surface area (Å²) in [5.74, 6) is 0.817. The first-order valence-electron chi connectivity index (χ1n) is 7.20. The third-order valence-corrected chi connectivity index (χ3v) is 4.35. The summed E-state index contributed by atoms with van der Waals surface area (Å²) >= 11 is 1.52. The Morgan fingerprint density at radius 2 is 2.27 bits per heavy atom.